The van der Waals surface area contributed by atoms with E-state index in [-0.39, 0.29) is 67.8 Å². The van der Waals surface area contributed by atoms with Crippen LogP contribution >= 0.6 is 54.3 Å². The average Bonchev–Trinajstić information content (AvgIpc) is 1.54. The largest absolute Gasteiger partial charge is 0.494 e. The van der Waals surface area contributed by atoms with Crippen LogP contribution in [0.3, 0.4) is 0 Å². The van der Waals surface area contributed by atoms with Gasteiger partial charge < -0.3 is 39.9 Å². The molecule has 28 heteroatoms. The van der Waals surface area contributed by atoms with E-state index in [0.717, 1.165) is 27.1 Å². The smallest absolute Gasteiger partial charge is 0.406 e. The maximum absolute atomic E-state index is 13.4. The Hall–Kier alpha value is -13.0. The Kier molecular flexibility index (Phi) is 43.1. The minimum Gasteiger partial charge on any atom is -0.494 e. The second-order valence-electron chi connectivity index (χ2n) is 33.8. The number of benzene rings is 14. The quantitative estimate of drug-likeness (QED) is 0.0149. The maximum Gasteiger partial charge on any atom is 0.406 e. The van der Waals surface area contributed by atoms with E-state index in [1.165, 1.54) is 75.3 Å². The van der Waals surface area contributed by atoms with Crippen LogP contribution in [-0.4, -0.2) is 111 Å². The first kappa shape index (κ1) is 112. The molecule has 0 amide bonds. The molecule has 0 atom stereocenters. The Balaban J connectivity index is 0.000000147. The summed E-state index contributed by atoms with van der Waals surface area (Å²) in [6.45, 7) is -1.55. The molecule has 758 valence electrons. The van der Waals surface area contributed by atoms with Crippen molar-refractivity contribution in [1.82, 2.24) is 19.1 Å². The van der Waals surface area contributed by atoms with Crippen molar-refractivity contribution in [1.29, 1.82) is 0 Å². The number of nitrogens with zero attached hydrogens (tertiary/aromatic N) is 4. The number of sulfone groups is 2. The molecule has 6 heterocycles. The number of nitrogens with one attached hydrogen (secondary N) is 4. The third-order valence-corrected chi connectivity index (χ3v) is 37.6. The van der Waals surface area contributed by atoms with Gasteiger partial charge in [-0.15, -0.1) is 6.42 Å². The molecule has 4 N–H and O–H groups in total. The number of hydrogen-bond acceptors (Lipinski definition) is 12. The minimum absolute atomic E-state index is 0. The summed E-state index contributed by atoms with van der Waals surface area (Å²) < 4.78 is 138. The van der Waals surface area contributed by atoms with E-state index < -0.39 is 76.8 Å². The molecule has 0 aliphatic carbocycles. The molecule has 0 unspecified atom stereocenters. The summed E-state index contributed by atoms with van der Waals surface area (Å²) in [7, 11) is -4.61. The molecular weight excluding hydrogens is 2180 g/mol. The zero-order valence-electron chi connectivity index (χ0n) is 81.2. The standard InChI is InChI=1S/C24H25F3N4O3S.4C18H15P.C15H16F3IN2O2S.C9H10N2O.Pd/c1-34-23-7-11-28-15-21(23)29-10-3-4-18-14-19-20(30-17-8-12-35(32,33)13-9-17)5-2-6-22(19)31(18)16-24(25,26)27;4*1-4-10-16(11-5-1)19(17-12-6-2-7-13-17)18-14-8-3-9-15-18;16-15(17,18)9-21-13-3-1-2-12(11(13)8-14(21)19)20-10-4-6-24(22,23)7-5-10;1-3-5-11-8-7-10-6-4-9(8)12-2;/h2,5-7,11,14-15,17,29-30H,8-10,12-13,16H2,1H3;4*1-15H;1-3,8,10,20H,4-7,9H2;1,4,6-7,11H,5H2,2H3;. The van der Waals surface area contributed by atoms with Crippen molar-refractivity contribution in [3.05, 3.63) is 459 Å². The number of ether oxygens (including phenoxy) is 2. The van der Waals surface area contributed by atoms with E-state index in [1.54, 1.807) is 86.5 Å². The van der Waals surface area contributed by atoms with Gasteiger partial charge in [-0.25, -0.2) is 16.8 Å². The summed E-state index contributed by atoms with van der Waals surface area (Å²) in [5.74, 6) is 10.0. The molecule has 14 nitrogen and oxygen atoms in total. The Morgan fingerprint density at radius 1 is 0.351 bits per heavy atom. The Bertz CT molecular complexity index is 6600. The van der Waals surface area contributed by atoms with Gasteiger partial charge in [-0.3, -0.25) is 9.97 Å². The molecule has 2 aliphatic rings. The van der Waals surface area contributed by atoms with Crippen LogP contribution in [0, 0.1) is 27.9 Å². The molecule has 20 rings (SSSR count). The van der Waals surface area contributed by atoms with Gasteiger partial charge in [0.1, 0.15) is 44.3 Å². The van der Waals surface area contributed by atoms with Crippen LogP contribution in [0.5, 0.6) is 11.5 Å². The van der Waals surface area contributed by atoms with Crippen LogP contribution in [0.25, 0.3) is 21.8 Å². The predicted molar refractivity (Wildman–Crippen MR) is 614 cm³/mol. The van der Waals surface area contributed by atoms with Crippen LogP contribution < -0.4 is 94.4 Å². The second kappa shape index (κ2) is 56.9. The van der Waals surface area contributed by atoms with Gasteiger partial charge in [-0.1, -0.05) is 388 Å². The van der Waals surface area contributed by atoms with Gasteiger partial charge in [0, 0.05) is 79.2 Å². The van der Waals surface area contributed by atoms with Crippen molar-refractivity contribution in [2.24, 2.45) is 0 Å². The van der Waals surface area contributed by atoms with Gasteiger partial charge in [0.15, 0.2) is 0 Å². The molecule has 0 bridgehead atoms. The molecule has 2 fully saturated rings. The number of methoxy groups -OCH3 is 2. The van der Waals surface area contributed by atoms with E-state index >= 15 is 0 Å². The molecule has 0 spiro atoms. The van der Waals surface area contributed by atoms with Crippen molar-refractivity contribution in [3.8, 4) is 35.7 Å². The van der Waals surface area contributed by atoms with E-state index in [4.69, 9.17) is 15.9 Å². The molecule has 0 radical (unpaired) electrons. The summed E-state index contributed by atoms with van der Waals surface area (Å²) >= 11 is 1.90. The zero-order chi connectivity index (χ0) is 103. The molecule has 4 aromatic heterocycles. The van der Waals surface area contributed by atoms with Crippen molar-refractivity contribution < 1.29 is 73.1 Å². The number of aromatic nitrogens is 4. The van der Waals surface area contributed by atoms with Gasteiger partial charge in [-0.2, -0.15) is 26.3 Å². The van der Waals surface area contributed by atoms with Crippen LogP contribution in [0.1, 0.15) is 31.4 Å². The molecule has 18 aromatic rings. The third-order valence-electron chi connectivity index (χ3n) is 23.5. The van der Waals surface area contributed by atoms with Gasteiger partial charge in [-0.05, 0) is 186 Å². The van der Waals surface area contributed by atoms with Crippen molar-refractivity contribution in [2.45, 2.75) is 63.2 Å². The number of alkyl halides is 6. The molecule has 148 heavy (non-hydrogen) atoms. The number of fused-ring (bicyclic) bond motifs is 2. The van der Waals surface area contributed by atoms with Crippen LogP contribution in [0.15, 0.2) is 449 Å². The number of anilines is 4. The van der Waals surface area contributed by atoms with E-state index in [9.17, 15) is 43.2 Å². The van der Waals surface area contributed by atoms with Gasteiger partial charge in [0.2, 0.25) is 0 Å². The van der Waals surface area contributed by atoms with E-state index in [0.29, 0.717) is 69.5 Å². The fourth-order valence-corrected chi connectivity index (χ4v) is 29.6. The fourth-order valence-electron chi connectivity index (χ4n) is 16.6. The molecular formula is C120H111F6IN8O6P4PdS2. The van der Waals surface area contributed by atoms with Gasteiger partial charge in [0.25, 0.3) is 0 Å². The first-order chi connectivity index (χ1) is 71.5. The SMILES string of the molecule is C#CCNc1cnccc1OC.COc1ccncc1NCC#Cc1cc2c(NC3CCS(=O)(=O)CC3)cccc2n1CC(F)(F)F.O=S1(=O)CCC(Nc2cccc3c2cc(I)n3CC(F)(F)F)CC1.[Pd].c1ccc(P(c2ccccc2)c2ccccc2)cc1.c1ccc(P(c2ccccc2)c2ccccc2)cc1.c1ccc(P(c2ccccc2)c2ccccc2)cc1.c1ccc(P(c2ccccc2)c2ccccc2)cc1. The number of pyridine rings is 2. The summed E-state index contributed by atoms with van der Waals surface area (Å²) in [5, 5.41) is 30.8. The maximum atomic E-state index is 13.4. The molecule has 14 aromatic carbocycles. The fraction of sp³-hybridized carbons (Fsp3) is 0.150. The Morgan fingerprint density at radius 3 is 0.858 bits per heavy atom. The first-order valence-corrected chi connectivity index (χ1v) is 57.7. The zero-order valence-corrected chi connectivity index (χ0v) is 90.2. The normalized spacial score (nSPS) is 12.9. The Labute approximate surface area is 896 Å². The number of terminal acetylenes is 1. The summed E-state index contributed by atoms with van der Waals surface area (Å²) in [6, 6.07) is 146. The summed E-state index contributed by atoms with van der Waals surface area (Å²) in [5.41, 5.74) is 4.01. The van der Waals surface area contributed by atoms with E-state index in [2.05, 4.69) is 413 Å². The average molecular weight is 2300 g/mol. The number of rotatable bonds is 24. The molecule has 2 aliphatic heterocycles. The van der Waals surface area contributed by atoms with Crippen molar-refractivity contribution in [3.63, 3.8) is 0 Å². The second-order valence-corrected chi connectivity index (χ2v) is 48.3. The van der Waals surface area contributed by atoms with E-state index in [1.807, 2.05) is 28.7 Å². The number of hydrogen-bond donors (Lipinski definition) is 4. The van der Waals surface area contributed by atoms with Crippen molar-refractivity contribution >= 4 is 182 Å². The van der Waals surface area contributed by atoms with Crippen LogP contribution in [0.4, 0.5) is 49.1 Å². The van der Waals surface area contributed by atoms with Crippen LogP contribution in [-0.2, 0) is 53.2 Å². The molecule has 2 saturated heterocycles. The summed E-state index contributed by atoms with van der Waals surface area (Å²) in [4.78, 5) is 7.95. The van der Waals surface area contributed by atoms with Crippen LogP contribution in [0.2, 0.25) is 0 Å². The predicted octanol–water partition coefficient (Wildman–Crippen LogP) is 22.8. The third kappa shape index (κ3) is 33.7. The monoisotopic (exact) mass is 2290 g/mol. The first-order valence-electron chi connectivity index (χ1n) is 47.6. The Morgan fingerprint density at radius 2 is 0.601 bits per heavy atom. The molecule has 0 saturated carbocycles. The number of halogens is 7. The van der Waals surface area contributed by atoms with Gasteiger partial charge >= 0.3 is 12.4 Å². The minimum atomic E-state index is -4.43. The van der Waals surface area contributed by atoms with Crippen molar-refractivity contribution in [2.75, 3.05) is 71.6 Å². The summed E-state index contributed by atoms with van der Waals surface area (Å²) in [6.07, 6.45) is 4.83. The topological polar surface area (TPSA) is 170 Å². The van der Waals surface area contributed by atoms with Gasteiger partial charge in [0.05, 0.1) is 94.5 Å².